The van der Waals surface area contributed by atoms with Gasteiger partial charge in [-0.25, -0.2) is 9.37 Å². The number of benzene rings is 1. The van der Waals surface area contributed by atoms with E-state index in [9.17, 15) is 4.39 Å². The van der Waals surface area contributed by atoms with Gasteiger partial charge in [-0.3, -0.25) is 0 Å². The Labute approximate surface area is 148 Å². The first kappa shape index (κ1) is 17.4. The summed E-state index contributed by atoms with van der Waals surface area (Å²) in [4.78, 5) is 8.72. The van der Waals surface area contributed by atoms with Gasteiger partial charge in [-0.05, 0) is 56.2 Å². The SMILES string of the molecule is Fc1ccccc1CCNc1ccnc(NCCC2=CCCCC2)n1. The van der Waals surface area contributed by atoms with E-state index in [2.05, 4.69) is 26.7 Å². The van der Waals surface area contributed by atoms with E-state index in [0.717, 1.165) is 18.8 Å². The molecule has 0 amide bonds. The first-order chi connectivity index (χ1) is 12.3. The first-order valence-corrected chi connectivity index (χ1v) is 9.03. The van der Waals surface area contributed by atoms with Gasteiger partial charge in [-0.15, -0.1) is 0 Å². The van der Waals surface area contributed by atoms with Crippen molar-refractivity contribution in [3.8, 4) is 0 Å². The van der Waals surface area contributed by atoms with Crippen molar-refractivity contribution in [1.29, 1.82) is 0 Å². The standard InChI is InChI=1S/C20H25FN4/c21-18-9-5-4-8-17(18)11-14-22-19-12-15-24-20(25-19)23-13-10-16-6-2-1-3-7-16/h4-6,8-9,12,15H,1-3,7,10-11,13-14H2,(H2,22,23,24,25). The highest BCUT2D eigenvalue weighted by atomic mass is 19.1. The molecule has 0 radical (unpaired) electrons. The van der Waals surface area contributed by atoms with Gasteiger partial charge in [0, 0.05) is 19.3 Å². The molecule has 0 aliphatic heterocycles. The van der Waals surface area contributed by atoms with Crippen LogP contribution in [0.25, 0.3) is 0 Å². The van der Waals surface area contributed by atoms with Crippen LogP contribution in [0.15, 0.2) is 48.2 Å². The molecule has 0 bridgehead atoms. The van der Waals surface area contributed by atoms with Gasteiger partial charge in [0.1, 0.15) is 11.6 Å². The van der Waals surface area contributed by atoms with Crippen LogP contribution in [0.3, 0.4) is 0 Å². The largest absolute Gasteiger partial charge is 0.370 e. The molecule has 1 aliphatic rings. The lowest BCUT2D eigenvalue weighted by atomic mass is 9.97. The molecule has 2 N–H and O–H groups in total. The van der Waals surface area contributed by atoms with Gasteiger partial charge in [-0.2, -0.15) is 4.98 Å². The summed E-state index contributed by atoms with van der Waals surface area (Å²) in [5.74, 6) is 1.23. The third-order valence-corrected chi connectivity index (χ3v) is 4.43. The molecule has 0 saturated carbocycles. The molecule has 1 heterocycles. The lowest BCUT2D eigenvalue weighted by Crippen LogP contribution is -2.11. The number of rotatable bonds is 8. The molecule has 132 valence electrons. The lowest BCUT2D eigenvalue weighted by Gasteiger charge is -2.13. The first-order valence-electron chi connectivity index (χ1n) is 9.03. The van der Waals surface area contributed by atoms with Gasteiger partial charge in [0.2, 0.25) is 5.95 Å². The van der Waals surface area contributed by atoms with Crippen LogP contribution in [0.5, 0.6) is 0 Å². The van der Waals surface area contributed by atoms with E-state index in [1.807, 2.05) is 18.2 Å². The number of nitrogens with one attached hydrogen (secondary N) is 2. The monoisotopic (exact) mass is 340 g/mol. The van der Waals surface area contributed by atoms with Crippen LogP contribution in [0, 0.1) is 5.82 Å². The van der Waals surface area contributed by atoms with Crippen molar-refractivity contribution in [2.45, 2.75) is 38.5 Å². The maximum Gasteiger partial charge on any atom is 0.224 e. The van der Waals surface area contributed by atoms with Gasteiger partial charge < -0.3 is 10.6 Å². The minimum atomic E-state index is -0.161. The second-order valence-corrected chi connectivity index (χ2v) is 6.32. The number of nitrogens with zero attached hydrogens (tertiary/aromatic N) is 2. The molecule has 1 aliphatic carbocycles. The summed E-state index contributed by atoms with van der Waals surface area (Å²) in [6.07, 6.45) is 10.8. The van der Waals surface area contributed by atoms with Gasteiger partial charge in [-0.1, -0.05) is 29.8 Å². The summed E-state index contributed by atoms with van der Waals surface area (Å²) in [5, 5.41) is 6.52. The van der Waals surface area contributed by atoms with Crippen LogP contribution in [0.4, 0.5) is 16.2 Å². The average molecular weight is 340 g/mol. The van der Waals surface area contributed by atoms with Crippen molar-refractivity contribution >= 4 is 11.8 Å². The Balaban J connectivity index is 1.44. The number of aromatic nitrogens is 2. The number of hydrogen-bond donors (Lipinski definition) is 2. The molecule has 0 atom stereocenters. The fourth-order valence-electron chi connectivity index (χ4n) is 3.04. The van der Waals surface area contributed by atoms with Crippen LogP contribution in [0.2, 0.25) is 0 Å². The summed E-state index contributed by atoms with van der Waals surface area (Å²) in [7, 11) is 0. The molecule has 1 aromatic carbocycles. The molecule has 3 rings (SSSR count). The van der Waals surface area contributed by atoms with Crippen LogP contribution in [0.1, 0.15) is 37.7 Å². The van der Waals surface area contributed by atoms with Gasteiger partial charge in [0.15, 0.2) is 0 Å². The Morgan fingerprint density at radius 1 is 1.00 bits per heavy atom. The van der Waals surface area contributed by atoms with E-state index in [0.29, 0.717) is 24.5 Å². The van der Waals surface area contributed by atoms with E-state index in [1.54, 1.807) is 12.3 Å². The predicted octanol–water partition coefficient (Wildman–Crippen LogP) is 4.57. The summed E-state index contributed by atoms with van der Waals surface area (Å²) in [6.45, 7) is 1.48. The number of allylic oxidation sites excluding steroid dienone is 1. The Hall–Kier alpha value is -2.43. The van der Waals surface area contributed by atoms with Crippen LogP contribution < -0.4 is 10.6 Å². The topological polar surface area (TPSA) is 49.8 Å². The molecule has 5 heteroatoms. The minimum absolute atomic E-state index is 0.161. The van der Waals surface area contributed by atoms with Crippen LogP contribution in [-0.4, -0.2) is 23.1 Å². The highest BCUT2D eigenvalue weighted by molar-refractivity contribution is 5.39. The summed E-state index contributed by atoms with van der Waals surface area (Å²) in [5.41, 5.74) is 2.25. The Morgan fingerprint density at radius 2 is 1.88 bits per heavy atom. The normalized spacial score (nSPS) is 14.0. The van der Waals surface area contributed by atoms with Crippen molar-refractivity contribution < 1.29 is 4.39 Å². The number of anilines is 2. The highest BCUT2D eigenvalue weighted by Crippen LogP contribution is 2.19. The van der Waals surface area contributed by atoms with Crippen molar-refractivity contribution in [2.24, 2.45) is 0 Å². The van der Waals surface area contributed by atoms with Crippen molar-refractivity contribution in [1.82, 2.24) is 9.97 Å². The molecule has 0 unspecified atom stereocenters. The third-order valence-electron chi connectivity index (χ3n) is 4.43. The molecular weight excluding hydrogens is 315 g/mol. The molecule has 0 saturated heterocycles. The quantitative estimate of drug-likeness (QED) is 0.691. The van der Waals surface area contributed by atoms with E-state index >= 15 is 0 Å². The average Bonchev–Trinajstić information content (AvgIpc) is 2.65. The smallest absolute Gasteiger partial charge is 0.224 e. The van der Waals surface area contributed by atoms with Crippen molar-refractivity contribution in [3.05, 3.63) is 59.6 Å². The van der Waals surface area contributed by atoms with E-state index in [4.69, 9.17) is 0 Å². The molecular formula is C20H25FN4. The van der Waals surface area contributed by atoms with Gasteiger partial charge in [0.25, 0.3) is 0 Å². The fourth-order valence-corrected chi connectivity index (χ4v) is 3.04. The molecule has 1 aromatic heterocycles. The highest BCUT2D eigenvalue weighted by Gasteiger charge is 2.05. The molecule has 4 nitrogen and oxygen atoms in total. The second kappa shape index (κ2) is 9.16. The molecule has 2 aromatic rings. The molecule has 25 heavy (non-hydrogen) atoms. The zero-order valence-electron chi connectivity index (χ0n) is 14.5. The van der Waals surface area contributed by atoms with Crippen molar-refractivity contribution in [2.75, 3.05) is 23.7 Å². The molecule has 0 fully saturated rings. The molecule has 0 spiro atoms. The third kappa shape index (κ3) is 5.55. The zero-order chi connectivity index (χ0) is 17.3. The number of halogens is 1. The predicted molar refractivity (Wildman–Crippen MR) is 100 cm³/mol. The minimum Gasteiger partial charge on any atom is -0.370 e. The summed E-state index contributed by atoms with van der Waals surface area (Å²) < 4.78 is 13.6. The van der Waals surface area contributed by atoms with Crippen LogP contribution >= 0.6 is 0 Å². The van der Waals surface area contributed by atoms with Gasteiger partial charge in [0.05, 0.1) is 0 Å². The summed E-state index contributed by atoms with van der Waals surface area (Å²) >= 11 is 0. The maximum absolute atomic E-state index is 13.6. The van der Waals surface area contributed by atoms with Crippen molar-refractivity contribution in [3.63, 3.8) is 0 Å². The van der Waals surface area contributed by atoms with E-state index in [-0.39, 0.29) is 5.82 Å². The Bertz CT molecular complexity index is 714. The number of hydrogen-bond acceptors (Lipinski definition) is 4. The maximum atomic E-state index is 13.6. The summed E-state index contributed by atoms with van der Waals surface area (Å²) in [6, 6.07) is 8.69. The van der Waals surface area contributed by atoms with E-state index in [1.165, 1.54) is 37.3 Å². The Morgan fingerprint density at radius 3 is 2.72 bits per heavy atom. The fraction of sp³-hybridized carbons (Fsp3) is 0.400. The van der Waals surface area contributed by atoms with Crippen LogP contribution in [-0.2, 0) is 6.42 Å². The Kier molecular flexibility index (Phi) is 6.37. The second-order valence-electron chi connectivity index (χ2n) is 6.32. The van der Waals surface area contributed by atoms with Gasteiger partial charge >= 0.3 is 0 Å². The lowest BCUT2D eigenvalue weighted by molar-refractivity contribution is 0.610. The van der Waals surface area contributed by atoms with E-state index < -0.39 is 0 Å². The zero-order valence-corrected chi connectivity index (χ0v) is 14.5.